The molecule has 0 atom stereocenters. The van der Waals surface area contributed by atoms with E-state index in [4.69, 9.17) is 4.99 Å². The van der Waals surface area contributed by atoms with Crippen LogP contribution in [0.2, 0.25) is 0 Å². The number of aromatic nitrogens is 2. The maximum atomic E-state index is 4.77. The molecule has 0 spiro atoms. The Labute approximate surface area is 127 Å². The number of nitrogens with zero attached hydrogens (tertiary/aromatic N) is 3. The van der Waals surface area contributed by atoms with Gasteiger partial charge in [-0.3, -0.25) is 9.67 Å². The number of fused-ring (bicyclic) bond motifs is 1. The summed E-state index contributed by atoms with van der Waals surface area (Å²) in [6.07, 6.45) is 0. The Morgan fingerprint density at radius 1 is 1.40 bits per heavy atom. The molecular formula is C15H17BrN4. The highest BCUT2D eigenvalue weighted by Crippen LogP contribution is 2.26. The van der Waals surface area contributed by atoms with E-state index < -0.39 is 0 Å². The molecule has 4 nitrogen and oxygen atoms in total. The number of benzene rings is 1. The van der Waals surface area contributed by atoms with Gasteiger partial charge in [0, 0.05) is 23.1 Å². The van der Waals surface area contributed by atoms with Crippen molar-refractivity contribution in [3.8, 4) is 0 Å². The second-order valence-electron chi connectivity index (χ2n) is 4.79. The zero-order chi connectivity index (χ0) is 14.1. The van der Waals surface area contributed by atoms with Crippen LogP contribution in [0.4, 0.5) is 5.69 Å². The molecule has 1 aromatic carbocycles. The van der Waals surface area contributed by atoms with Gasteiger partial charge in [0.2, 0.25) is 0 Å². The molecule has 2 aromatic rings. The second-order valence-corrected chi connectivity index (χ2v) is 5.71. The van der Waals surface area contributed by atoms with Gasteiger partial charge in [0.05, 0.1) is 23.6 Å². The van der Waals surface area contributed by atoms with E-state index in [9.17, 15) is 0 Å². The summed E-state index contributed by atoms with van der Waals surface area (Å²) in [5.41, 5.74) is 5.39. The summed E-state index contributed by atoms with van der Waals surface area (Å²) in [6.45, 7) is 6.61. The van der Waals surface area contributed by atoms with E-state index in [2.05, 4.69) is 45.4 Å². The molecule has 0 bridgehead atoms. The van der Waals surface area contributed by atoms with Crippen LogP contribution in [0.15, 0.2) is 33.7 Å². The van der Waals surface area contributed by atoms with E-state index in [1.165, 1.54) is 0 Å². The monoisotopic (exact) mass is 332 g/mol. The van der Waals surface area contributed by atoms with Crippen molar-refractivity contribution in [2.45, 2.75) is 20.4 Å². The van der Waals surface area contributed by atoms with Crippen LogP contribution < -0.4 is 5.32 Å². The van der Waals surface area contributed by atoms with Gasteiger partial charge in [0.1, 0.15) is 5.69 Å². The standard InChI is InChI=1S/C15H17BrN4/c1-3-20-15-13(10(2)19-20)17-7-8-18-14(15)11-5-4-6-12(16)9-11/h4-6,9,17H,3,7-8H2,1-2H3. The minimum Gasteiger partial charge on any atom is -0.380 e. The molecule has 1 N–H and O–H groups in total. The van der Waals surface area contributed by atoms with E-state index in [0.29, 0.717) is 0 Å². The topological polar surface area (TPSA) is 42.2 Å². The van der Waals surface area contributed by atoms with Crippen LogP contribution in [-0.2, 0) is 6.54 Å². The fraction of sp³-hybridized carbons (Fsp3) is 0.333. The lowest BCUT2D eigenvalue weighted by Crippen LogP contribution is -2.12. The van der Waals surface area contributed by atoms with Crippen LogP contribution in [0.1, 0.15) is 23.9 Å². The lowest BCUT2D eigenvalue weighted by molar-refractivity contribution is 0.648. The van der Waals surface area contributed by atoms with E-state index in [-0.39, 0.29) is 0 Å². The predicted octanol–water partition coefficient (Wildman–Crippen LogP) is 3.24. The van der Waals surface area contributed by atoms with Crippen molar-refractivity contribution < 1.29 is 0 Å². The number of aryl methyl sites for hydroxylation is 2. The Bertz CT molecular complexity index is 673. The summed E-state index contributed by atoms with van der Waals surface area (Å²) >= 11 is 3.54. The first-order valence-corrected chi connectivity index (χ1v) is 7.62. The maximum absolute atomic E-state index is 4.77. The zero-order valence-corrected chi connectivity index (χ0v) is 13.2. The molecule has 1 aromatic heterocycles. The molecule has 0 saturated carbocycles. The van der Waals surface area contributed by atoms with Crippen molar-refractivity contribution >= 4 is 27.3 Å². The Balaban J connectivity index is 2.20. The van der Waals surface area contributed by atoms with Gasteiger partial charge in [0.25, 0.3) is 0 Å². The molecule has 0 saturated heterocycles. The lowest BCUT2D eigenvalue weighted by atomic mass is 10.1. The van der Waals surface area contributed by atoms with Crippen molar-refractivity contribution in [1.82, 2.24) is 9.78 Å². The van der Waals surface area contributed by atoms with E-state index in [1.807, 2.05) is 23.7 Å². The van der Waals surface area contributed by atoms with Crippen molar-refractivity contribution in [2.24, 2.45) is 4.99 Å². The second kappa shape index (κ2) is 5.40. The van der Waals surface area contributed by atoms with Crippen LogP contribution in [0.3, 0.4) is 0 Å². The number of halogens is 1. The molecule has 20 heavy (non-hydrogen) atoms. The number of nitrogens with one attached hydrogen (secondary N) is 1. The van der Waals surface area contributed by atoms with Gasteiger partial charge in [-0.25, -0.2) is 0 Å². The molecule has 0 fully saturated rings. The Hall–Kier alpha value is -1.62. The Kier molecular flexibility index (Phi) is 3.61. The molecular weight excluding hydrogens is 316 g/mol. The molecule has 0 aliphatic carbocycles. The normalized spacial score (nSPS) is 14.2. The van der Waals surface area contributed by atoms with Gasteiger partial charge in [-0.2, -0.15) is 5.10 Å². The molecule has 0 unspecified atom stereocenters. The number of hydrogen-bond acceptors (Lipinski definition) is 3. The molecule has 5 heteroatoms. The first-order valence-electron chi connectivity index (χ1n) is 6.82. The first kappa shape index (κ1) is 13.4. The van der Waals surface area contributed by atoms with E-state index >= 15 is 0 Å². The summed E-state index contributed by atoms with van der Waals surface area (Å²) in [7, 11) is 0. The van der Waals surface area contributed by atoms with Crippen molar-refractivity contribution in [3.63, 3.8) is 0 Å². The summed E-state index contributed by atoms with van der Waals surface area (Å²) in [6, 6.07) is 8.28. The fourth-order valence-electron chi connectivity index (χ4n) is 2.55. The van der Waals surface area contributed by atoms with Crippen molar-refractivity contribution in [3.05, 3.63) is 45.7 Å². The van der Waals surface area contributed by atoms with Gasteiger partial charge >= 0.3 is 0 Å². The molecule has 1 aliphatic rings. The van der Waals surface area contributed by atoms with Crippen LogP contribution in [-0.4, -0.2) is 28.6 Å². The average molecular weight is 333 g/mol. The smallest absolute Gasteiger partial charge is 0.110 e. The van der Waals surface area contributed by atoms with E-state index in [1.54, 1.807) is 0 Å². The van der Waals surface area contributed by atoms with Gasteiger partial charge in [-0.05, 0) is 26.0 Å². The number of anilines is 1. The van der Waals surface area contributed by atoms with Crippen LogP contribution in [0.5, 0.6) is 0 Å². The maximum Gasteiger partial charge on any atom is 0.110 e. The van der Waals surface area contributed by atoms with Crippen LogP contribution in [0, 0.1) is 6.92 Å². The number of aliphatic imine (C=N–C) groups is 1. The molecule has 2 heterocycles. The van der Waals surface area contributed by atoms with Crippen LogP contribution >= 0.6 is 15.9 Å². The SMILES string of the molecule is CCn1nc(C)c2c1C(c1cccc(Br)c1)=NCCN2. The lowest BCUT2D eigenvalue weighted by Gasteiger charge is -2.10. The highest BCUT2D eigenvalue weighted by atomic mass is 79.9. The molecule has 1 aliphatic heterocycles. The number of rotatable bonds is 2. The Morgan fingerprint density at radius 3 is 3.00 bits per heavy atom. The number of hydrogen-bond donors (Lipinski definition) is 1. The fourth-order valence-corrected chi connectivity index (χ4v) is 2.95. The molecule has 3 rings (SSSR count). The summed E-state index contributed by atoms with van der Waals surface area (Å²) in [5.74, 6) is 0. The minimum atomic E-state index is 0.777. The highest BCUT2D eigenvalue weighted by molar-refractivity contribution is 9.10. The summed E-state index contributed by atoms with van der Waals surface area (Å²) in [5, 5.41) is 8.07. The third kappa shape index (κ3) is 2.26. The van der Waals surface area contributed by atoms with Crippen molar-refractivity contribution in [1.29, 1.82) is 0 Å². The summed E-state index contributed by atoms with van der Waals surface area (Å²) in [4.78, 5) is 4.77. The van der Waals surface area contributed by atoms with Gasteiger partial charge < -0.3 is 5.32 Å². The quantitative estimate of drug-likeness (QED) is 0.917. The Morgan fingerprint density at radius 2 is 2.25 bits per heavy atom. The largest absolute Gasteiger partial charge is 0.380 e. The third-order valence-electron chi connectivity index (χ3n) is 3.43. The van der Waals surface area contributed by atoms with Gasteiger partial charge in [-0.1, -0.05) is 28.1 Å². The molecule has 0 radical (unpaired) electrons. The van der Waals surface area contributed by atoms with E-state index in [0.717, 1.165) is 52.5 Å². The average Bonchev–Trinajstić information content (AvgIpc) is 2.63. The first-order chi connectivity index (χ1) is 9.70. The highest BCUT2D eigenvalue weighted by Gasteiger charge is 2.22. The minimum absolute atomic E-state index is 0.777. The third-order valence-corrected chi connectivity index (χ3v) is 3.93. The van der Waals surface area contributed by atoms with Crippen molar-refractivity contribution in [2.75, 3.05) is 18.4 Å². The molecule has 104 valence electrons. The summed E-state index contributed by atoms with van der Waals surface area (Å²) < 4.78 is 3.10. The predicted molar refractivity (Wildman–Crippen MR) is 85.8 cm³/mol. The zero-order valence-electron chi connectivity index (χ0n) is 11.7. The van der Waals surface area contributed by atoms with Gasteiger partial charge in [-0.15, -0.1) is 0 Å². The molecule has 0 amide bonds. The van der Waals surface area contributed by atoms with Gasteiger partial charge in [0.15, 0.2) is 0 Å². The van der Waals surface area contributed by atoms with Crippen LogP contribution in [0.25, 0.3) is 0 Å².